The van der Waals surface area contributed by atoms with Gasteiger partial charge in [-0.05, 0) is 31.4 Å². The molecular formula is C37H59N2+. The molecule has 1 unspecified atom stereocenters. The second kappa shape index (κ2) is 14.8. The lowest BCUT2D eigenvalue weighted by atomic mass is 9.64. The van der Waals surface area contributed by atoms with E-state index in [-0.39, 0.29) is 0 Å². The van der Waals surface area contributed by atoms with Crippen LogP contribution in [0.1, 0.15) is 115 Å². The van der Waals surface area contributed by atoms with E-state index in [0.29, 0.717) is 10.8 Å². The molecule has 0 N–H and O–H groups in total. The zero-order valence-electron chi connectivity index (χ0n) is 25.8. The standard InChI is InChI=1S/C37H59N2/c1-4-5-6-7-8-9-10-11-12-13-14-21-28-39(30-35-24-19-16-20-25-35)32-36(2)26-27-38(31-37(36,3)33-39)29-34-22-17-15-18-23-34/h15-20,22-25H,4-14,21,26-33H2,1-3H3/q+1/t36-,37+,39?/m1/s1. The van der Waals surface area contributed by atoms with Crippen LogP contribution in [-0.2, 0) is 13.1 Å². The Balaban J connectivity index is 1.29. The quantitative estimate of drug-likeness (QED) is 0.145. The Morgan fingerprint density at radius 3 is 1.74 bits per heavy atom. The smallest absolute Gasteiger partial charge is 0.104 e. The SMILES string of the molecule is CCCCCCCCCCCCCC[N+]1(Cc2ccccc2)C[C@]2(C)CN(Cc3ccccc3)CC[C@]2(C)C1. The molecule has 4 rings (SSSR count). The van der Waals surface area contributed by atoms with Crippen molar-refractivity contribution < 1.29 is 4.48 Å². The van der Waals surface area contributed by atoms with Gasteiger partial charge in [-0.15, -0.1) is 0 Å². The molecule has 2 saturated heterocycles. The van der Waals surface area contributed by atoms with E-state index < -0.39 is 0 Å². The predicted octanol–water partition coefficient (Wildman–Crippen LogP) is 9.64. The summed E-state index contributed by atoms with van der Waals surface area (Å²) < 4.78 is 1.30. The Kier molecular flexibility index (Phi) is 11.5. The first-order chi connectivity index (χ1) is 19.0. The number of likely N-dealkylation sites (tertiary alicyclic amines) is 2. The summed E-state index contributed by atoms with van der Waals surface area (Å²) in [6.07, 6.45) is 18.5. The fraction of sp³-hybridized carbons (Fsp3) is 0.676. The highest BCUT2D eigenvalue weighted by Gasteiger charge is 2.61. The second-order valence-corrected chi connectivity index (χ2v) is 14.0. The Bertz CT molecular complexity index is 942. The van der Waals surface area contributed by atoms with Gasteiger partial charge >= 0.3 is 0 Å². The van der Waals surface area contributed by atoms with Crippen LogP contribution in [-0.4, -0.2) is 42.1 Å². The molecule has 0 saturated carbocycles. The van der Waals surface area contributed by atoms with Crippen molar-refractivity contribution in [1.29, 1.82) is 0 Å². The minimum absolute atomic E-state index is 0.381. The van der Waals surface area contributed by atoms with E-state index in [9.17, 15) is 0 Å². The highest BCUT2D eigenvalue weighted by atomic mass is 15.4. The molecule has 2 aliphatic rings. The van der Waals surface area contributed by atoms with Gasteiger partial charge in [0.2, 0.25) is 0 Å². The van der Waals surface area contributed by atoms with Gasteiger partial charge in [-0.3, -0.25) is 4.90 Å². The molecule has 3 atom stereocenters. The molecule has 0 amide bonds. The van der Waals surface area contributed by atoms with Crippen LogP contribution in [0, 0.1) is 10.8 Å². The maximum absolute atomic E-state index is 2.75. The minimum Gasteiger partial charge on any atom is -0.319 e. The molecule has 2 aromatic carbocycles. The maximum Gasteiger partial charge on any atom is 0.104 e. The van der Waals surface area contributed by atoms with Crippen LogP contribution < -0.4 is 0 Å². The molecule has 2 aliphatic heterocycles. The molecule has 2 heterocycles. The van der Waals surface area contributed by atoms with Crippen molar-refractivity contribution in [1.82, 2.24) is 4.90 Å². The van der Waals surface area contributed by atoms with E-state index in [1.165, 1.54) is 138 Å². The third kappa shape index (κ3) is 8.67. The summed E-state index contributed by atoms with van der Waals surface area (Å²) in [6, 6.07) is 22.5. The fourth-order valence-corrected chi connectivity index (χ4v) is 8.10. The van der Waals surface area contributed by atoms with Crippen molar-refractivity contribution in [3.63, 3.8) is 0 Å². The normalized spacial score (nSPS) is 27.1. The molecule has 2 nitrogen and oxygen atoms in total. The number of rotatable bonds is 17. The Morgan fingerprint density at radius 2 is 1.15 bits per heavy atom. The van der Waals surface area contributed by atoms with Crippen LogP contribution in [0.4, 0.5) is 0 Å². The van der Waals surface area contributed by atoms with E-state index in [1.807, 2.05) is 0 Å². The molecule has 2 heteroatoms. The van der Waals surface area contributed by atoms with Gasteiger partial charge in [-0.1, -0.05) is 146 Å². The highest BCUT2D eigenvalue weighted by Crippen LogP contribution is 2.55. The number of benzene rings is 2. The van der Waals surface area contributed by atoms with Gasteiger partial charge < -0.3 is 4.48 Å². The molecule has 0 aliphatic carbocycles. The third-order valence-corrected chi connectivity index (χ3v) is 10.5. The Hall–Kier alpha value is -1.64. The summed E-state index contributed by atoms with van der Waals surface area (Å²) >= 11 is 0. The molecule has 0 spiro atoms. The first kappa shape index (κ1) is 30.3. The van der Waals surface area contributed by atoms with E-state index in [1.54, 1.807) is 0 Å². The minimum atomic E-state index is 0.381. The maximum atomic E-state index is 2.75. The van der Waals surface area contributed by atoms with Crippen molar-refractivity contribution in [2.45, 2.75) is 117 Å². The number of hydrogen-bond acceptors (Lipinski definition) is 1. The van der Waals surface area contributed by atoms with Crippen molar-refractivity contribution in [3.05, 3.63) is 71.8 Å². The summed E-state index contributed by atoms with van der Waals surface area (Å²) in [5.41, 5.74) is 3.81. The molecule has 2 aromatic rings. The van der Waals surface area contributed by atoms with E-state index in [2.05, 4.69) is 86.3 Å². The van der Waals surface area contributed by atoms with Crippen LogP contribution in [0.2, 0.25) is 0 Å². The van der Waals surface area contributed by atoms with Crippen LogP contribution in [0.15, 0.2) is 60.7 Å². The lowest BCUT2D eigenvalue weighted by Gasteiger charge is -2.46. The lowest BCUT2D eigenvalue weighted by molar-refractivity contribution is -0.934. The summed E-state index contributed by atoms with van der Waals surface area (Å²) in [4.78, 5) is 2.75. The average Bonchev–Trinajstić information content (AvgIpc) is 3.16. The summed E-state index contributed by atoms with van der Waals surface area (Å²) in [5.74, 6) is 0. The van der Waals surface area contributed by atoms with Crippen LogP contribution >= 0.6 is 0 Å². The molecule has 0 radical (unpaired) electrons. The van der Waals surface area contributed by atoms with E-state index in [0.717, 1.165) is 6.54 Å². The zero-order valence-corrected chi connectivity index (χ0v) is 25.8. The number of quaternary nitrogens is 1. The first-order valence-corrected chi connectivity index (χ1v) is 16.6. The van der Waals surface area contributed by atoms with E-state index in [4.69, 9.17) is 0 Å². The highest BCUT2D eigenvalue weighted by molar-refractivity contribution is 5.16. The van der Waals surface area contributed by atoms with Gasteiger partial charge in [-0.2, -0.15) is 0 Å². The predicted molar refractivity (Wildman–Crippen MR) is 169 cm³/mol. The van der Waals surface area contributed by atoms with Gasteiger partial charge in [0.15, 0.2) is 0 Å². The number of hydrogen-bond donors (Lipinski definition) is 0. The van der Waals surface area contributed by atoms with Crippen molar-refractivity contribution >= 4 is 0 Å². The molecule has 216 valence electrons. The topological polar surface area (TPSA) is 3.24 Å². The molecule has 39 heavy (non-hydrogen) atoms. The van der Waals surface area contributed by atoms with Crippen molar-refractivity contribution in [2.24, 2.45) is 10.8 Å². The fourth-order valence-electron chi connectivity index (χ4n) is 8.10. The largest absolute Gasteiger partial charge is 0.319 e. The summed E-state index contributed by atoms with van der Waals surface area (Å²) in [6.45, 7) is 16.4. The van der Waals surface area contributed by atoms with Gasteiger partial charge in [0, 0.05) is 29.5 Å². The van der Waals surface area contributed by atoms with Crippen molar-refractivity contribution in [3.8, 4) is 0 Å². The summed E-state index contributed by atoms with van der Waals surface area (Å²) in [7, 11) is 0. The number of nitrogens with zero attached hydrogens (tertiary/aromatic N) is 2. The van der Waals surface area contributed by atoms with Gasteiger partial charge in [0.1, 0.15) is 6.54 Å². The zero-order chi connectivity index (χ0) is 27.4. The molecular weight excluding hydrogens is 472 g/mol. The van der Waals surface area contributed by atoms with Crippen LogP contribution in [0.25, 0.3) is 0 Å². The number of piperidine rings is 1. The molecule has 2 fully saturated rings. The van der Waals surface area contributed by atoms with Gasteiger partial charge in [-0.25, -0.2) is 0 Å². The molecule has 0 bridgehead atoms. The Labute approximate surface area is 241 Å². The summed E-state index contributed by atoms with van der Waals surface area (Å²) in [5, 5.41) is 0. The van der Waals surface area contributed by atoms with Crippen molar-refractivity contribution in [2.75, 3.05) is 32.7 Å². The Morgan fingerprint density at radius 1 is 0.641 bits per heavy atom. The number of fused-ring (bicyclic) bond motifs is 1. The van der Waals surface area contributed by atoms with Gasteiger partial charge in [0.25, 0.3) is 0 Å². The van der Waals surface area contributed by atoms with Crippen LogP contribution in [0.5, 0.6) is 0 Å². The second-order valence-electron chi connectivity index (χ2n) is 14.0. The third-order valence-electron chi connectivity index (χ3n) is 10.5. The first-order valence-electron chi connectivity index (χ1n) is 16.6. The number of unbranched alkanes of at least 4 members (excludes halogenated alkanes) is 11. The van der Waals surface area contributed by atoms with Crippen LogP contribution in [0.3, 0.4) is 0 Å². The monoisotopic (exact) mass is 531 g/mol. The average molecular weight is 532 g/mol. The lowest BCUT2D eigenvalue weighted by Crippen LogP contribution is -2.52. The van der Waals surface area contributed by atoms with Gasteiger partial charge in [0.05, 0.1) is 19.6 Å². The molecule has 0 aromatic heterocycles. The van der Waals surface area contributed by atoms with E-state index >= 15 is 0 Å².